The fourth-order valence-electron chi connectivity index (χ4n) is 3.50. The molecule has 2 rings (SSSR count). The van der Waals surface area contributed by atoms with Gasteiger partial charge in [-0.1, -0.05) is 43.9 Å². The molecule has 5 heteroatoms. The minimum atomic E-state index is -0.215. The first-order valence-electron chi connectivity index (χ1n) is 8.96. The maximum atomic E-state index is 14.2. The third-order valence-corrected chi connectivity index (χ3v) is 4.79. The molecule has 1 amide bonds. The number of halogens is 2. The summed E-state index contributed by atoms with van der Waals surface area (Å²) in [7, 11) is 0. The number of hydrogen-bond donors (Lipinski definition) is 2. The molecule has 3 N–H and O–H groups in total. The van der Waals surface area contributed by atoms with Crippen molar-refractivity contribution in [3.8, 4) is 0 Å². The standard InChI is InChI=1S/C19H29FN2O.ClH/c20-17-12-7-6-11-16(17)19(15-9-4-5-10-15)22-18(23)13-3-1-2-8-14-21;/h6-7,11-12,15,19H,1-5,8-10,13-14,21H2,(H,22,23);1H. The fraction of sp³-hybridized carbons (Fsp3) is 0.632. The van der Waals surface area contributed by atoms with Crippen molar-refractivity contribution in [2.24, 2.45) is 11.7 Å². The lowest BCUT2D eigenvalue weighted by atomic mass is 9.91. The Morgan fingerprint density at radius 3 is 2.50 bits per heavy atom. The first-order valence-corrected chi connectivity index (χ1v) is 8.96. The molecule has 1 atom stereocenters. The molecule has 1 aliphatic carbocycles. The summed E-state index contributed by atoms with van der Waals surface area (Å²) in [5, 5.41) is 3.10. The number of unbranched alkanes of at least 4 members (excludes halogenated alkanes) is 3. The van der Waals surface area contributed by atoms with Crippen molar-refractivity contribution >= 4 is 18.3 Å². The number of rotatable bonds is 9. The van der Waals surface area contributed by atoms with Crippen LogP contribution in [0.2, 0.25) is 0 Å². The Kier molecular flexibility index (Phi) is 9.96. The molecule has 0 aliphatic heterocycles. The number of carbonyl (C=O) groups is 1. The summed E-state index contributed by atoms with van der Waals surface area (Å²) < 4.78 is 14.2. The normalized spacial score (nSPS) is 15.8. The fourth-order valence-corrected chi connectivity index (χ4v) is 3.50. The van der Waals surface area contributed by atoms with E-state index in [9.17, 15) is 9.18 Å². The molecule has 3 nitrogen and oxygen atoms in total. The highest BCUT2D eigenvalue weighted by molar-refractivity contribution is 5.85. The second-order valence-corrected chi connectivity index (χ2v) is 6.56. The third-order valence-electron chi connectivity index (χ3n) is 4.79. The van der Waals surface area contributed by atoms with E-state index in [1.165, 1.54) is 18.9 Å². The van der Waals surface area contributed by atoms with Crippen LogP contribution in [0.25, 0.3) is 0 Å². The van der Waals surface area contributed by atoms with Gasteiger partial charge in [-0.25, -0.2) is 4.39 Å². The molecule has 1 aliphatic rings. The van der Waals surface area contributed by atoms with Crippen LogP contribution in [0.1, 0.15) is 69.4 Å². The van der Waals surface area contributed by atoms with E-state index in [4.69, 9.17) is 5.73 Å². The van der Waals surface area contributed by atoms with Gasteiger partial charge in [-0.3, -0.25) is 4.79 Å². The van der Waals surface area contributed by atoms with Crippen LogP contribution in [0.5, 0.6) is 0 Å². The summed E-state index contributed by atoms with van der Waals surface area (Å²) in [6.45, 7) is 0.712. The summed E-state index contributed by atoms with van der Waals surface area (Å²) in [5.41, 5.74) is 6.11. The molecule has 1 fully saturated rings. The van der Waals surface area contributed by atoms with Gasteiger partial charge in [0.2, 0.25) is 5.91 Å². The van der Waals surface area contributed by atoms with Crippen LogP contribution in [0.4, 0.5) is 4.39 Å². The summed E-state index contributed by atoms with van der Waals surface area (Å²) in [6, 6.07) is 6.65. The quantitative estimate of drug-likeness (QED) is 0.640. The van der Waals surface area contributed by atoms with Crippen molar-refractivity contribution in [3.63, 3.8) is 0 Å². The maximum absolute atomic E-state index is 14.2. The van der Waals surface area contributed by atoms with E-state index >= 15 is 0 Å². The minimum Gasteiger partial charge on any atom is -0.349 e. The van der Waals surface area contributed by atoms with Crippen molar-refractivity contribution < 1.29 is 9.18 Å². The number of amides is 1. The number of benzene rings is 1. The monoisotopic (exact) mass is 356 g/mol. The van der Waals surface area contributed by atoms with Gasteiger partial charge in [-0.05, 0) is 44.2 Å². The van der Waals surface area contributed by atoms with E-state index in [0.717, 1.165) is 38.5 Å². The maximum Gasteiger partial charge on any atom is 0.220 e. The molecule has 0 saturated heterocycles. The van der Waals surface area contributed by atoms with Crippen molar-refractivity contribution in [1.82, 2.24) is 5.32 Å². The van der Waals surface area contributed by atoms with Gasteiger partial charge < -0.3 is 11.1 Å². The van der Waals surface area contributed by atoms with Gasteiger partial charge in [0.05, 0.1) is 6.04 Å². The molecule has 0 heterocycles. The molecule has 1 saturated carbocycles. The highest BCUT2D eigenvalue weighted by Crippen LogP contribution is 2.36. The van der Waals surface area contributed by atoms with E-state index in [1.807, 2.05) is 6.07 Å². The molecule has 1 aromatic carbocycles. The van der Waals surface area contributed by atoms with Crippen LogP contribution in [0, 0.1) is 11.7 Å². The van der Waals surface area contributed by atoms with E-state index in [0.29, 0.717) is 24.4 Å². The Morgan fingerprint density at radius 1 is 1.17 bits per heavy atom. The summed E-state index contributed by atoms with van der Waals surface area (Å²) in [5.74, 6) is 0.179. The predicted octanol–water partition coefficient (Wildman–Crippen LogP) is 4.50. The number of nitrogens with one attached hydrogen (secondary N) is 1. The van der Waals surface area contributed by atoms with Crippen LogP contribution in [-0.2, 0) is 4.79 Å². The van der Waals surface area contributed by atoms with E-state index in [1.54, 1.807) is 12.1 Å². The van der Waals surface area contributed by atoms with Gasteiger partial charge in [0.25, 0.3) is 0 Å². The summed E-state index contributed by atoms with van der Waals surface area (Å²) in [6.07, 6.45) is 8.98. The molecule has 0 bridgehead atoms. The average Bonchev–Trinajstić information content (AvgIpc) is 3.07. The first kappa shape index (κ1) is 20.9. The van der Waals surface area contributed by atoms with Crippen LogP contribution < -0.4 is 11.1 Å². The molecule has 0 spiro atoms. The van der Waals surface area contributed by atoms with Crippen LogP contribution in [0.15, 0.2) is 24.3 Å². The van der Waals surface area contributed by atoms with Gasteiger partial charge in [-0.15, -0.1) is 12.4 Å². The Morgan fingerprint density at radius 2 is 1.83 bits per heavy atom. The lowest BCUT2D eigenvalue weighted by Crippen LogP contribution is -2.33. The van der Waals surface area contributed by atoms with Crippen molar-refractivity contribution in [1.29, 1.82) is 0 Å². The van der Waals surface area contributed by atoms with Crippen LogP contribution in [-0.4, -0.2) is 12.5 Å². The molecule has 1 aromatic rings. The largest absolute Gasteiger partial charge is 0.349 e. The lowest BCUT2D eigenvalue weighted by Gasteiger charge is -2.25. The highest BCUT2D eigenvalue weighted by atomic mass is 35.5. The third kappa shape index (κ3) is 6.40. The zero-order chi connectivity index (χ0) is 16.5. The number of nitrogens with two attached hydrogens (primary N) is 1. The predicted molar refractivity (Wildman–Crippen MR) is 98.6 cm³/mol. The van der Waals surface area contributed by atoms with Gasteiger partial charge >= 0.3 is 0 Å². The summed E-state index contributed by atoms with van der Waals surface area (Å²) >= 11 is 0. The van der Waals surface area contributed by atoms with Gasteiger partial charge in [-0.2, -0.15) is 0 Å². The molecule has 1 unspecified atom stereocenters. The average molecular weight is 357 g/mol. The van der Waals surface area contributed by atoms with Crippen LogP contribution in [0.3, 0.4) is 0 Å². The Hall–Kier alpha value is -1.13. The zero-order valence-electron chi connectivity index (χ0n) is 14.3. The van der Waals surface area contributed by atoms with Crippen molar-refractivity contribution in [3.05, 3.63) is 35.6 Å². The number of hydrogen-bond acceptors (Lipinski definition) is 2. The smallest absolute Gasteiger partial charge is 0.220 e. The Bertz CT molecular complexity index is 492. The zero-order valence-corrected chi connectivity index (χ0v) is 15.1. The second-order valence-electron chi connectivity index (χ2n) is 6.56. The summed E-state index contributed by atoms with van der Waals surface area (Å²) in [4.78, 5) is 12.3. The molecule has 24 heavy (non-hydrogen) atoms. The Labute approximate surface area is 151 Å². The highest BCUT2D eigenvalue weighted by Gasteiger charge is 2.29. The van der Waals surface area contributed by atoms with E-state index in [2.05, 4.69) is 5.32 Å². The van der Waals surface area contributed by atoms with Gasteiger partial charge in [0.15, 0.2) is 0 Å². The molecule has 0 aromatic heterocycles. The Balaban J connectivity index is 0.00000288. The molecular formula is C19H30ClFN2O. The molecule has 0 radical (unpaired) electrons. The van der Waals surface area contributed by atoms with Crippen molar-refractivity contribution in [2.75, 3.05) is 6.54 Å². The molecule has 136 valence electrons. The second kappa shape index (κ2) is 11.4. The van der Waals surface area contributed by atoms with E-state index < -0.39 is 0 Å². The van der Waals surface area contributed by atoms with Crippen LogP contribution >= 0.6 is 12.4 Å². The molecular weight excluding hydrogens is 327 g/mol. The van der Waals surface area contributed by atoms with Gasteiger partial charge in [0, 0.05) is 12.0 Å². The first-order chi connectivity index (χ1) is 11.2. The minimum absolute atomic E-state index is 0. The SMILES string of the molecule is Cl.NCCCCCCC(=O)NC(c1ccccc1F)C1CCCC1. The lowest BCUT2D eigenvalue weighted by molar-refractivity contribution is -0.122. The number of carbonyl (C=O) groups excluding carboxylic acids is 1. The van der Waals surface area contributed by atoms with Gasteiger partial charge in [0.1, 0.15) is 5.82 Å². The van der Waals surface area contributed by atoms with E-state index in [-0.39, 0.29) is 30.2 Å². The topological polar surface area (TPSA) is 55.1 Å². The van der Waals surface area contributed by atoms with Crippen molar-refractivity contribution in [2.45, 2.75) is 63.8 Å².